The summed E-state index contributed by atoms with van der Waals surface area (Å²) in [7, 11) is -0.822. The first kappa shape index (κ1) is 23.2. The lowest BCUT2D eigenvalue weighted by Gasteiger charge is -2.11. The molecule has 0 fully saturated rings. The highest BCUT2D eigenvalue weighted by molar-refractivity contribution is 9.10. The molecule has 0 aliphatic rings. The summed E-state index contributed by atoms with van der Waals surface area (Å²) < 4.78 is 35.0. The van der Waals surface area contributed by atoms with Crippen LogP contribution in [0.15, 0.2) is 76.1 Å². The van der Waals surface area contributed by atoms with Gasteiger partial charge in [0.05, 0.1) is 22.5 Å². The molecule has 1 heterocycles. The van der Waals surface area contributed by atoms with E-state index in [1.54, 1.807) is 49.1 Å². The van der Waals surface area contributed by atoms with E-state index in [-0.39, 0.29) is 10.6 Å². The number of hydrogen-bond donors (Lipinski definition) is 2. The number of methoxy groups -OCH3 is 1. The number of halogens is 2. The maximum absolute atomic E-state index is 13.0. The number of fused-ring (bicyclic) bond motifs is 1. The monoisotopic (exact) mass is 547 g/mol. The SMILES string of the molecule is COc1cccc(Nc2ccc(Cl)c3c2cc(C(=O)NS(=O)(=O)c2cccc(Br)c2)n3C)c1. The molecule has 0 aliphatic carbocycles. The maximum Gasteiger partial charge on any atom is 0.281 e. The number of carbonyl (C=O) groups is 1. The van der Waals surface area contributed by atoms with Crippen molar-refractivity contribution in [2.24, 2.45) is 7.05 Å². The van der Waals surface area contributed by atoms with E-state index >= 15 is 0 Å². The van der Waals surface area contributed by atoms with Gasteiger partial charge in [0.1, 0.15) is 11.4 Å². The van der Waals surface area contributed by atoms with Crippen LogP contribution in [-0.4, -0.2) is 26.0 Å². The summed E-state index contributed by atoms with van der Waals surface area (Å²) in [6.07, 6.45) is 0. The molecule has 7 nitrogen and oxygen atoms in total. The molecule has 33 heavy (non-hydrogen) atoms. The van der Waals surface area contributed by atoms with Crippen molar-refractivity contribution in [3.8, 4) is 5.75 Å². The Hall–Kier alpha value is -3.01. The predicted molar refractivity (Wildman–Crippen MR) is 133 cm³/mol. The van der Waals surface area contributed by atoms with Gasteiger partial charge in [-0.3, -0.25) is 4.79 Å². The number of anilines is 2. The van der Waals surface area contributed by atoms with Crippen molar-refractivity contribution in [2.45, 2.75) is 4.90 Å². The van der Waals surface area contributed by atoms with E-state index in [1.165, 1.54) is 12.1 Å². The number of nitrogens with zero attached hydrogens (tertiary/aromatic N) is 1. The highest BCUT2D eigenvalue weighted by atomic mass is 79.9. The first-order valence-corrected chi connectivity index (χ1v) is 12.4. The van der Waals surface area contributed by atoms with E-state index in [0.29, 0.717) is 31.8 Å². The molecule has 0 saturated heterocycles. The minimum absolute atomic E-state index is 0.0256. The van der Waals surface area contributed by atoms with E-state index in [4.69, 9.17) is 16.3 Å². The van der Waals surface area contributed by atoms with Crippen molar-refractivity contribution >= 4 is 65.7 Å². The van der Waals surface area contributed by atoms with Gasteiger partial charge >= 0.3 is 0 Å². The zero-order valence-electron chi connectivity index (χ0n) is 17.6. The average Bonchev–Trinajstić information content (AvgIpc) is 3.14. The van der Waals surface area contributed by atoms with Gasteiger partial charge < -0.3 is 14.6 Å². The first-order valence-electron chi connectivity index (χ1n) is 9.71. The lowest BCUT2D eigenvalue weighted by molar-refractivity contribution is 0.0974. The van der Waals surface area contributed by atoms with Crippen LogP contribution in [0.2, 0.25) is 5.02 Å². The molecule has 0 atom stereocenters. The molecule has 0 spiro atoms. The molecular weight excluding hydrogens is 530 g/mol. The first-order chi connectivity index (χ1) is 15.7. The summed E-state index contributed by atoms with van der Waals surface area (Å²) in [4.78, 5) is 12.9. The zero-order valence-corrected chi connectivity index (χ0v) is 20.8. The Morgan fingerprint density at radius 2 is 1.82 bits per heavy atom. The lowest BCUT2D eigenvalue weighted by Crippen LogP contribution is -2.31. The van der Waals surface area contributed by atoms with Gasteiger partial charge in [-0.05, 0) is 48.5 Å². The molecule has 4 aromatic rings. The smallest absolute Gasteiger partial charge is 0.281 e. The third kappa shape index (κ3) is 4.71. The molecule has 10 heteroatoms. The Bertz CT molecular complexity index is 1480. The number of rotatable bonds is 6. The zero-order chi connectivity index (χ0) is 23.8. The van der Waals surface area contributed by atoms with E-state index in [1.807, 2.05) is 24.3 Å². The van der Waals surface area contributed by atoms with Gasteiger partial charge in [-0.25, -0.2) is 13.1 Å². The van der Waals surface area contributed by atoms with Crippen LogP contribution in [0.1, 0.15) is 10.5 Å². The van der Waals surface area contributed by atoms with Gasteiger partial charge in [0.25, 0.3) is 15.9 Å². The number of ether oxygens (including phenoxy) is 1. The molecule has 3 aromatic carbocycles. The number of benzene rings is 3. The minimum atomic E-state index is -4.07. The van der Waals surface area contributed by atoms with Gasteiger partial charge in [0.2, 0.25) is 0 Å². The Labute approximate surface area is 204 Å². The van der Waals surface area contributed by atoms with Crippen LogP contribution in [0.5, 0.6) is 5.75 Å². The van der Waals surface area contributed by atoms with Crippen LogP contribution >= 0.6 is 27.5 Å². The molecule has 4 rings (SSSR count). The van der Waals surface area contributed by atoms with Crippen LogP contribution in [0.25, 0.3) is 10.9 Å². The molecule has 170 valence electrons. The maximum atomic E-state index is 13.0. The number of carbonyl (C=O) groups excluding carboxylic acids is 1. The van der Waals surface area contributed by atoms with Crippen molar-refractivity contribution in [3.05, 3.63) is 81.9 Å². The molecular formula is C23H19BrClN3O4S. The number of amides is 1. The van der Waals surface area contributed by atoms with Crippen LogP contribution in [0.4, 0.5) is 11.4 Å². The fraction of sp³-hybridized carbons (Fsp3) is 0.0870. The largest absolute Gasteiger partial charge is 0.497 e. The molecule has 0 radical (unpaired) electrons. The number of hydrogen-bond acceptors (Lipinski definition) is 5. The fourth-order valence-electron chi connectivity index (χ4n) is 3.47. The third-order valence-electron chi connectivity index (χ3n) is 5.06. The second-order valence-corrected chi connectivity index (χ2v) is 10.2. The number of sulfonamides is 1. The number of aromatic nitrogens is 1. The van der Waals surface area contributed by atoms with Crippen LogP contribution in [-0.2, 0) is 17.1 Å². The summed E-state index contributed by atoms with van der Waals surface area (Å²) in [5.74, 6) is -0.0758. The normalized spacial score (nSPS) is 11.4. The summed E-state index contributed by atoms with van der Waals surface area (Å²) in [5, 5.41) is 4.39. The van der Waals surface area contributed by atoms with E-state index in [0.717, 1.165) is 5.69 Å². The topological polar surface area (TPSA) is 89.4 Å². The van der Waals surface area contributed by atoms with Crippen molar-refractivity contribution in [3.63, 3.8) is 0 Å². The number of nitrogens with one attached hydrogen (secondary N) is 2. The van der Waals surface area contributed by atoms with Gasteiger partial charge in [0.15, 0.2) is 0 Å². The van der Waals surface area contributed by atoms with Crippen molar-refractivity contribution in [2.75, 3.05) is 12.4 Å². The number of aryl methyl sites for hydroxylation is 1. The Balaban J connectivity index is 1.72. The highest BCUT2D eigenvalue weighted by Crippen LogP contribution is 2.34. The van der Waals surface area contributed by atoms with Crippen molar-refractivity contribution in [1.82, 2.24) is 9.29 Å². The molecule has 0 saturated carbocycles. The quantitative estimate of drug-likeness (QED) is 0.334. The molecule has 2 N–H and O–H groups in total. The second kappa shape index (κ2) is 9.09. The van der Waals surface area contributed by atoms with Crippen LogP contribution < -0.4 is 14.8 Å². The molecule has 0 bridgehead atoms. The van der Waals surface area contributed by atoms with E-state index in [9.17, 15) is 13.2 Å². The summed E-state index contributed by atoms with van der Waals surface area (Å²) in [5.41, 5.74) is 2.22. The summed E-state index contributed by atoms with van der Waals surface area (Å²) in [6, 6.07) is 18.6. The fourth-order valence-corrected chi connectivity index (χ4v) is 5.32. The summed E-state index contributed by atoms with van der Waals surface area (Å²) >= 11 is 9.67. The van der Waals surface area contributed by atoms with Crippen molar-refractivity contribution in [1.29, 1.82) is 0 Å². The van der Waals surface area contributed by atoms with Gasteiger partial charge in [0, 0.05) is 34.3 Å². The second-order valence-electron chi connectivity index (χ2n) is 7.19. The molecule has 0 unspecified atom stereocenters. The van der Waals surface area contributed by atoms with Gasteiger partial charge in [-0.15, -0.1) is 0 Å². The Morgan fingerprint density at radius 3 is 2.55 bits per heavy atom. The van der Waals surface area contributed by atoms with Crippen LogP contribution in [0.3, 0.4) is 0 Å². The third-order valence-corrected chi connectivity index (χ3v) is 7.19. The molecule has 1 amide bonds. The minimum Gasteiger partial charge on any atom is -0.497 e. The standard InChI is InChI=1S/C23H19BrClN3O4S/c1-28-21(23(29)27-33(30,31)17-8-3-5-14(24)11-17)13-18-20(10-9-19(25)22(18)28)26-15-6-4-7-16(12-15)32-2/h3-13,26H,1-2H3,(H,27,29). The average molecular weight is 549 g/mol. The predicted octanol–water partition coefficient (Wildman–Crippen LogP) is 5.47. The summed E-state index contributed by atoms with van der Waals surface area (Å²) in [6.45, 7) is 0. The van der Waals surface area contributed by atoms with Crippen molar-refractivity contribution < 1.29 is 17.9 Å². The van der Waals surface area contributed by atoms with E-state index in [2.05, 4.69) is 26.0 Å². The van der Waals surface area contributed by atoms with Gasteiger partial charge in [-0.2, -0.15) is 0 Å². The van der Waals surface area contributed by atoms with Gasteiger partial charge in [-0.1, -0.05) is 39.7 Å². The molecule has 1 aromatic heterocycles. The van der Waals surface area contributed by atoms with E-state index < -0.39 is 15.9 Å². The highest BCUT2D eigenvalue weighted by Gasteiger charge is 2.23. The Morgan fingerprint density at radius 1 is 1.06 bits per heavy atom. The van der Waals surface area contributed by atoms with Crippen LogP contribution in [0, 0.1) is 0 Å². The lowest BCUT2D eigenvalue weighted by atomic mass is 10.2. The Kier molecular flexibility index (Phi) is 6.38. The molecule has 0 aliphatic heterocycles.